The van der Waals surface area contributed by atoms with Gasteiger partial charge in [0.15, 0.2) is 11.5 Å². The van der Waals surface area contributed by atoms with Crippen LogP contribution in [0.5, 0.6) is 11.5 Å². The van der Waals surface area contributed by atoms with Gasteiger partial charge in [-0.05, 0) is 36.2 Å². The first-order valence-electron chi connectivity index (χ1n) is 7.65. The molecule has 5 nitrogen and oxygen atoms in total. The molecule has 2 aromatic heterocycles. The first-order chi connectivity index (χ1) is 11.3. The molecule has 0 fully saturated rings. The topological polar surface area (TPSA) is 49.2 Å². The molecule has 1 aliphatic heterocycles. The highest BCUT2D eigenvalue weighted by atomic mass is 32.1. The quantitative estimate of drug-likeness (QED) is 0.734. The summed E-state index contributed by atoms with van der Waals surface area (Å²) in [5.74, 6) is 2.58. The Morgan fingerprint density at radius 2 is 2.09 bits per heavy atom. The zero-order chi connectivity index (χ0) is 15.6. The number of fused-ring (bicyclic) bond motifs is 1. The number of nitrogens with zero attached hydrogens (tertiary/aromatic N) is 3. The maximum Gasteiger partial charge on any atom is 0.161 e. The zero-order valence-corrected chi connectivity index (χ0v) is 13.6. The number of hydrogen-bond donors (Lipinski definition) is 0. The number of rotatable bonds is 3. The molecular formula is C17H17N3O2S. The molecule has 23 heavy (non-hydrogen) atoms. The van der Waals surface area contributed by atoms with Crippen LogP contribution in [0.4, 0.5) is 0 Å². The molecule has 3 aromatic rings. The van der Waals surface area contributed by atoms with Gasteiger partial charge in [0.05, 0.1) is 25.5 Å². The van der Waals surface area contributed by atoms with E-state index in [1.807, 2.05) is 30.0 Å². The van der Waals surface area contributed by atoms with E-state index in [1.165, 1.54) is 11.5 Å². The third kappa shape index (κ3) is 2.70. The van der Waals surface area contributed by atoms with Crippen molar-refractivity contribution in [1.29, 1.82) is 0 Å². The van der Waals surface area contributed by atoms with Crippen molar-refractivity contribution in [2.75, 3.05) is 13.2 Å². The molecule has 0 amide bonds. The Kier molecular flexibility index (Phi) is 3.75. The Morgan fingerprint density at radius 3 is 2.91 bits per heavy atom. The Bertz CT molecular complexity index is 798. The number of benzene rings is 1. The maximum atomic E-state index is 5.80. The third-order valence-corrected chi connectivity index (χ3v) is 4.62. The summed E-state index contributed by atoms with van der Waals surface area (Å²) in [4.78, 5) is 4.48. The van der Waals surface area contributed by atoms with Crippen LogP contribution in [0.15, 0.2) is 42.2 Å². The van der Waals surface area contributed by atoms with Crippen LogP contribution in [0.2, 0.25) is 0 Å². The van der Waals surface area contributed by atoms with Crippen molar-refractivity contribution < 1.29 is 9.47 Å². The first kappa shape index (κ1) is 14.3. The molecule has 6 heteroatoms. The molecule has 0 saturated carbocycles. The second kappa shape index (κ2) is 6.04. The van der Waals surface area contributed by atoms with Crippen LogP contribution >= 0.6 is 11.5 Å². The largest absolute Gasteiger partial charge is 0.490 e. The van der Waals surface area contributed by atoms with Crippen LogP contribution in [0.1, 0.15) is 24.9 Å². The molecular weight excluding hydrogens is 310 g/mol. The fourth-order valence-corrected chi connectivity index (χ4v) is 3.28. The lowest BCUT2D eigenvalue weighted by molar-refractivity contribution is 0.297. The standard InChI is InChI=1S/C17H17N3O2S/c1-12(20-6-5-18-17(20)14-10-19-23-11-14)13-3-4-15-16(9-13)22-8-2-7-21-15/h3-6,9-12H,2,7-8H2,1H3. The fourth-order valence-electron chi connectivity index (χ4n) is 2.76. The number of aromatic nitrogens is 3. The minimum absolute atomic E-state index is 0.143. The molecule has 0 saturated heterocycles. The Morgan fingerprint density at radius 1 is 1.22 bits per heavy atom. The lowest BCUT2D eigenvalue weighted by atomic mass is 10.1. The molecule has 1 aromatic carbocycles. The molecule has 1 unspecified atom stereocenters. The summed E-state index contributed by atoms with van der Waals surface area (Å²) in [6.45, 7) is 3.56. The number of imidazole rings is 1. The van der Waals surface area contributed by atoms with Gasteiger partial charge in [-0.3, -0.25) is 0 Å². The van der Waals surface area contributed by atoms with E-state index in [4.69, 9.17) is 9.47 Å². The van der Waals surface area contributed by atoms with E-state index < -0.39 is 0 Å². The van der Waals surface area contributed by atoms with Crippen molar-refractivity contribution in [2.24, 2.45) is 0 Å². The average Bonchev–Trinajstić information content (AvgIpc) is 3.20. The molecule has 1 atom stereocenters. The molecule has 0 spiro atoms. The van der Waals surface area contributed by atoms with E-state index in [0.717, 1.165) is 34.9 Å². The monoisotopic (exact) mass is 327 g/mol. The van der Waals surface area contributed by atoms with E-state index in [9.17, 15) is 0 Å². The SMILES string of the molecule is CC(c1ccc2c(c1)OCCCO2)n1ccnc1-c1cnsc1. The van der Waals surface area contributed by atoms with Crippen LogP contribution in [0.25, 0.3) is 11.4 Å². The van der Waals surface area contributed by atoms with Crippen molar-refractivity contribution in [2.45, 2.75) is 19.4 Å². The van der Waals surface area contributed by atoms with Crippen molar-refractivity contribution >= 4 is 11.5 Å². The maximum absolute atomic E-state index is 5.80. The van der Waals surface area contributed by atoms with E-state index >= 15 is 0 Å². The molecule has 118 valence electrons. The summed E-state index contributed by atoms with van der Waals surface area (Å²) in [7, 11) is 0. The van der Waals surface area contributed by atoms with Crippen molar-refractivity contribution in [3.63, 3.8) is 0 Å². The van der Waals surface area contributed by atoms with Crippen molar-refractivity contribution in [3.8, 4) is 22.9 Å². The van der Waals surface area contributed by atoms with Gasteiger partial charge in [-0.2, -0.15) is 0 Å². The summed E-state index contributed by atoms with van der Waals surface area (Å²) in [5.41, 5.74) is 2.21. The van der Waals surface area contributed by atoms with E-state index in [1.54, 1.807) is 0 Å². The highest BCUT2D eigenvalue weighted by Gasteiger charge is 2.17. The molecule has 1 aliphatic rings. The summed E-state index contributed by atoms with van der Waals surface area (Å²) in [6.07, 6.45) is 6.59. The van der Waals surface area contributed by atoms with Gasteiger partial charge in [-0.15, -0.1) is 0 Å². The Labute approximate surface area is 138 Å². The van der Waals surface area contributed by atoms with E-state index in [2.05, 4.69) is 33.0 Å². The molecule has 0 aliphatic carbocycles. The summed E-state index contributed by atoms with van der Waals surface area (Å²) < 4.78 is 17.8. The zero-order valence-electron chi connectivity index (χ0n) is 12.8. The molecule has 4 rings (SSSR count). The van der Waals surface area contributed by atoms with Gasteiger partial charge in [0.2, 0.25) is 0 Å². The fraction of sp³-hybridized carbons (Fsp3) is 0.294. The predicted molar refractivity (Wildman–Crippen MR) is 89.2 cm³/mol. The van der Waals surface area contributed by atoms with E-state index in [0.29, 0.717) is 13.2 Å². The van der Waals surface area contributed by atoms with E-state index in [-0.39, 0.29) is 6.04 Å². The minimum Gasteiger partial charge on any atom is -0.490 e. The van der Waals surface area contributed by atoms with Crippen molar-refractivity contribution in [3.05, 3.63) is 47.7 Å². The van der Waals surface area contributed by atoms with Crippen molar-refractivity contribution in [1.82, 2.24) is 13.9 Å². The third-order valence-electron chi connectivity index (χ3n) is 4.03. The van der Waals surface area contributed by atoms with Gasteiger partial charge in [0.25, 0.3) is 0 Å². The minimum atomic E-state index is 0.143. The smallest absolute Gasteiger partial charge is 0.161 e. The second-order valence-electron chi connectivity index (χ2n) is 5.50. The molecule has 0 radical (unpaired) electrons. The van der Waals surface area contributed by atoms with Gasteiger partial charge in [0, 0.05) is 29.8 Å². The summed E-state index contributed by atoms with van der Waals surface area (Å²) in [6, 6.07) is 6.30. The van der Waals surface area contributed by atoms with Crippen LogP contribution in [0, 0.1) is 0 Å². The van der Waals surface area contributed by atoms with Gasteiger partial charge >= 0.3 is 0 Å². The van der Waals surface area contributed by atoms with Gasteiger partial charge in [-0.1, -0.05) is 6.07 Å². The molecule has 0 bridgehead atoms. The van der Waals surface area contributed by atoms with Crippen LogP contribution in [-0.4, -0.2) is 27.1 Å². The average molecular weight is 327 g/mol. The molecule has 3 heterocycles. The highest BCUT2D eigenvalue weighted by molar-refractivity contribution is 7.03. The normalized spacial score (nSPS) is 15.2. The van der Waals surface area contributed by atoms with Gasteiger partial charge in [-0.25, -0.2) is 9.36 Å². The summed E-state index contributed by atoms with van der Waals surface area (Å²) >= 11 is 1.44. The lowest BCUT2D eigenvalue weighted by Gasteiger charge is -2.18. The lowest BCUT2D eigenvalue weighted by Crippen LogP contribution is -2.08. The number of ether oxygens (including phenoxy) is 2. The van der Waals surface area contributed by atoms with Crippen LogP contribution < -0.4 is 9.47 Å². The second-order valence-corrected chi connectivity index (χ2v) is 6.16. The van der Waals surface area contributed by atoms with Crippen LogP contribution in [-0.2, 0) is 0 Å². The Balaban J connectivity index is 1.69. The van der Waals surface area contributed by atoms with Gasteiger partial charge in [0.1, 0.15) is 5.82 Å². The number of hydrogen-bond acceptors (Lipinski definition) is 5. The Hall–Kier alpha value is -2.34. The van der Waals surface area contributed by atoms with Gasteiger partial charge < -0.3 is 14.0 Å². The first-order valence-corrected chi connectivity index (χ1v) is 8.49. The summed E-state index contributed by atoms with van der Waals surface area (Å²) in [5, 5.41) is 2.01. The predicted octanol–water partition coefficient (Wildman–Crippen LogP) is 3.78. The molecule has 0 N–H and O–H groups in total. The van der Waals surface area contributed by atoms with Crippen LogP contribution in [0.3, 0.4) is 0 Å². The highest BCUT2D eigenvalue weighted by Crippen LogP contribution is 2.34.